The molecule has 0 amide bonds. The zero-order valence-corrected chi connectivity index (χ0v) is 16.3. The van der Waals surface area contributed by atoms with Gasteiger partial charge in [-0.3, -0.25) is 0 Å². The molecule has 1 aromatic rings. The summed E-state index contributed by atoms with van der Waals surface area (Å²) in [7, 11) is -5.86. The van der Waals surface area contributed by atoms with E-state index in [2.05, 4.69) is 0 Å². The molecule has 0 saturated heterocycles. The van der Waals surface area contributed by atoms with Crippen LogP contribution in [0.2, 0.25) is 0 Å². The van der Waals surface area contributed by atoms with Crippen LogP contribution in [0.5, 0.6) is 0 Å². The highest BCUT2D eigenvalue weighted by atomic mass is 31.2. The average Bonchev–Trinajstić information content (AvgIpc) is 2.60. The Morgan fingerprint density at radius 2 is 0.792 bits per heavy atom. The van der Waals surface area contributed by atoms with E-state index in [4.69, 9.17) is 0 Å². The van der Waals surface area contributed by atoms with Gasteiger partial charge in [0.2, 0.25) is 0 Å². The lowest BCUT2D eigenvalue weighted by atomic mass is 10.1. The Bertz CT molecular complexity index is 600. The van der Waals surface area contributed by atoms with Crippen molar-refractivity contribution in [3.63, 3.8) is 0 Å². The summed E-state index contributed by atoms with van der Waals surface area (Å²) >= 11 is 0. The molecule has 0 aromatic heterocycles. The van der Waals surface area contributed by atoms with Crippen LogP contribution in [0.25, 0.3) is 0 Å². The topological polar surface area (TPSA) is 34.1 Å². The first-order chi connectivity index (χ1) is 11.1. The van der Waals surface area contributed by atoms with Crippen molar-refractivity contribution in [2.75, 3.05) is 24.6 Å². The van der Waals surface area contributed by atoms with Gasteiger partial charge in [0.25, 0.3) is 0 Å². The molecule has 0 radical (unpaired) electrons. The third kappa shape index (κ3) is 4.32. The van der Waals surface area contributed by atoms with Crippen LogP contribution >= 0.6 is 14.3 Å². The van der Waals surface area contributed by atoms with Crippen molar-refractivity contribution in [2.45, 2.75) is 40.0 Å². The summed E-state index contributed by atoms with van der Waals surface area (Å²) in [6.45, 7) is 6.44. The number of rotatable bonds is 8. The summed E-state index contributed by atoms with van der Waals surface area (Å²) in [4.78, 5) is 0. The summed E-state index contributed by atoms with van der Waals surface area (Å²) in [5, 5.41) is 0. The van der Waals surface area contributed by atoms with Crippen LogP contribution in [-0.2, 0) is 21.5 Å². The Morgan fingerprint density at radius 3 is 0.958 bits per heavy atom. The predicted octanol–water partition coefficient (Wildman–Crippen LogP) is 6.05. The number of hydrogen-bond donors (Lipinski definition) is 0. The van der Waals surface area contributed by atoms with Gasteiger partial charge in [-0.15, -0.1) is 0 Å². The maximum Gasteiger partial charge on any atom is 0.165 e. The molecule has 0 unspecified atom stereocenters. The normalized spacial score (nSPS) is 12.7. The zero-order chi connectivity index (χ0) is 18.7. The molecule has 2 nitrogen and oxygen atoms in total. The van der Waals surface area contributed by atoms with E-state index < -0.39 is 61.0 Å². The minimum absolute atomic E-state index is 0.189. The second-order valence-corrected chi connectivity index (χ2v) is 13.3. The highest BCUT2D eigenvalue weighted by Gasteiger charge is 2.32. The quantitative estimate of drug-likeness (QED) is 0.310. The SMILES string of the molecule is CCP(=O)(CC)Cc1c(F)c(F)c(CP(=O)(CC)CC)c(F)c1F. The molecule has 0 aliphatic carbocycles. The molecule has 0 heterocycles. The number of hydrogen-bond acceptors (Lipinski definition) is 2. The summed E-state index contributed by atoms with van der Waals surface area (Å²) in [6, 6.07) is 0. The summed E-state index contributed by atoms with van der Waals surface area (Å²) < 4.78 is 82.0. The molecule has 8 heteroatoms. The molecule has 0 spiro atoms. The lowest BCUT2D eigenvalue weighted by molar-refractivity contribution is 0.432. The van der Waals surface area contributed by atoms with Crippen molar-refractivity contribution >= 4 is 14.3 Å². The predicted molar refractivity (Wildman–Crippen MR) is 91.1 cm³/mol. The third-order valence-electron chi connectivity index (χ3n) is 4.64. The summed E-state index contributed by atoms with van der Waals surface area (Å²) in [5.41, 5.74) is -1.63. The Morgan fingerprint density at radius 1 is 0.583 bits per heavy atom. The lowest BCUT2D eigenvalue weighted by Gasteiger charge is -2.19. The molecule has 0 N–H and O–H groups in total. The Balaban J connectivity index is 3.46. The molecule has 24 heavy (non-hydrogen) atoms. The van der Waals surface area contributed by atoms with Crippen LogP contribution in [0, 0.1) is 23.3 Å². The van der Waals surface area contributed by atoms with E-state index in [1.807, 2.05) is 0 Å². The first-order valence-corrected chi connectivity index (χ1v) is 12.6. The van der Waals surface area contributed by atoms with Crippen molar-refractivity contribution in [1.82, 2.24) is 0 Å². The lowest BCUT2D eigenvalue weighted by Crippen LogP contribution is -2.11. The van der Waals surface area contributed by atoms with Crippen LogP contribution in [0.3, 0.4) is 0 Å². The molecular formula is C16H24F4O2P2. The molecule has 0 aliphatic rings. The number of halogens is 4. The van der Waals surface area contributed by atoms with Gasteiger partial charge in [0.05, 0.1) is 14.3 Å². The minimum atomic E-state index is -2.93. The highest BCUT2D eigenvalue weighted by molar-refractivity contribution is 7.63. The largest absolute Gasteiger partial charge is 0.323 e. The average molecular weight is 386 g/mol. The summed E-state index contributed by atoms with van der Waals surface area (Å²) in [6.07, 6.45) is -0.291. The van der Waals surface area contributed by atoms with Crippen molar-refractivity contribution in [3.8, 4) is 0 Å². The van der Waals surface area contributed by atoms with Gasteiger partial charge in [-0.05, 0) is 24.6 Å². The summed E-state index contributed by atoms with van der Waals surface area (Å²) in [5.74, 6) is -6.09. The van der Waals surface area contributed by atoms with E-state index in [9.17, 15) is 26.7 Å². The highest BCUT2D eigenvalue weighted by Crippen LogP contribution is 2.51. The van der Waals surface area contributed by atoms with Gasteiger partial charge in [-0.1, -0.05) is 27.7 Å². The van der Waals surface area contributed by atoms with Crippen LogP contribution in [0.4, 0.5) is 17.6 Å². The molecule has 0 aliphatic heterocycles. The fourth-order valence-electron chi connectivity index (χ4n) is 2.47. The Hall–Kier alpha value is -0.600. The van der Waals surface area contributed by atoms with Crippen molar-refractivity contribution in [3.05, 3.63) is 34.4 Å². The third-order valence-corrected chi connectivity index (χ3v) is 11.0. The molecule has 138 valence electrons. The number of benzene rings is 1. The van der Waals surface area contributed by atoms with Gasteiger partial charge in [0.1, 0.15) is 0 Å². The molecule has 1 rings (SSSR count). The van der Waals surface area contributed by atoms with Gasteiger partial charge in [0, 0.05) is 23.5 Å². The van der Waals surface area contributed by atoms with Crippen molar-refractivity contribution in [1.29, 1.82) is 0 Å². The van der Waals surface area contributed by atoms with E-state index >= 15 is 0 Å². The van der Waals surface area contributed by atoms with E-state index in [1.54, 1.807) is 27.7 Å². The fraction of sp³-hybridized carbons (Fsp3) is 0.625. The molecular weight excluding hydrogens is 362 g/mol. The first kappa shape index (κ1) is 21.4. The molecule has 0 fully saturated rings. The molecule has 0 saturated carbocycles. The molecule has 0 atom stereocenters. The van der Waals surface area contributed by atoms with E-state index in [0.717, 1.165) is 0 Å². The first-order valence-electron chi connectivity index (χ1n) is 8.05. The minimum Gasteiger partial charge on any atom is -0.323 e. The Labute approximate surface area is 140 Å². The van der Waals surface area contributed by atoms with Gasteiger partial charge in [0.15, 0.2) is 23.3 Å². The van der Waals surface area contributed by atoms with Gasteiger partial charge in [-0.25, -0.2) is 17.6 Å². The van der Waals surface area contributed by atoms with Crippen molar-refractivity contribution < 1.29 is 26.7 Å². The van der Waals surface area contributed by atoms with Crippen LogP contribution in [0.1, 0.15) is 38.8 Å². The monoisotopic (exact) mass is 386 g/mol. The van der Waals surface area contributed by atoms with Gasteiger partial charge in [-0.2, -0.15) is 0 Å². The Kier molecular flexibility index (Phi) is 7.31. The van der Waals surface area contributed by atoms with Gasteiger partial charge < -0.3 is 9.13 Å². The van der Waals surface area contributed by atoms with E-state index in [-0.39, 0.29) is 24.6 Å². The maximum absolute atomic E-state index is 14.3. The second-order valence-electron chi connectivity index (χ2n) is 5.91. The maximum atomic E-state index is 14.3. The van der Waals surface area contributed by atoms with Gasteiger partial charge >= 0.3 is 0 Å². The zero-order valence-electron chi connectivity index (χ0n) is 14.5. The fourth-order valence-corrected chi connectivity index (χ4v) is 5.97. The van der Waals surface area contributed by atoms with Crippen molar-refractivity contribution in [2.24, 2.45) is 0 Å². The molecule has 0 bridgehead atoms. The van der Waals surface area contributed by atoms with E-state index in [1.165, 1.54) is 0 Å². The second kappa shape index (κ2) is 8.19. The molecule has 1 aromatic carbocycles. The van der Waals surface area contributed by atoms with E-state index in [0.29, 0.717) is 0 Å². The van der Waals surface area contributed by atoms with Crippen LogP contribution in [0.15, 0.2) is 0 Å². The smallest absolute Gasteiger partial charge is 0.165 e. The van der Waals surface area contributed by atoms with Crippen LogP contribution in [-0.4, -0.2) is 24.6 Å². The standard InChI is InChI=1S/C16H24F4O2P2/c1-5-23(21,6-2)9-11-13(17)15(19)12(16(20)14(11)18)10-24(22,7-3)8-4/h5-10H2,1-4H3. The van der Waals surface area contributed by atoms with Crippen LogP contribution < -0.4 is 0 Å².